The summed E-state index contributed by atoms with van der Waals surface area (Å²) in [5.41, 5.74) is 0.756. The maximum absolute atomic E-state index is 11.9. The Morgan fingerprint density at radius 1 is 1.33 bits per heavy atom. The zero-order chi connectivity index (χ0) is 17.2. The van der Waals surface area contributed by atoms with Crippen LogP contribution < -0.4 is 16.0 Å². The molecule has 132 valence electrons. The predicted octanol–water partition coefficient (Wildman–Crippen LogP) is 2.40. The summed E-state index contributed by atoms with van der Waals surface area (Å²) >= 11 is 5.82. The fourth-order valence-corrected chi connectivity index (χ4v) is 2.57. The minimum Gasteiger partial charge on any atom is -0.376 e. The van der Waals surface area contributed by atoms with Crippen molar-refractivity contribution in [3.63, 3.8) is 0 Å². The van der Waals surface area contributed by atoms with Crippen LogP contribution in [0.5, 0.6) is 0 Å². The largest absolute Gasteiger partial charge is 0.376 e. The highest BCUT2D eigenvalue weighted by atomic mass is 35.5. The second kappa shape index (κ2) is 10.2. The van der Waals surface area contributed by atoms with E-state index in [1.165, 1.54) is 0 Å². The smallest absolute Gasteiger partial charge is 0.224 e. The van der Waals surface area contributed by atoms with Crippen molar-refractivity contribution in [2.45, 2.75) is 31.8 Å². The van der Waals surface area contributed by atoms with Gasteiger partial charge in [-0.05, 0) is 43.5 Å². The molecule has 1 saturated heterocycles. The predicted molar refractivity (Wildman–Crippen MR) is 97.7 cm³/mol. The molecule has 1 unspecified atom stereocenters. The van der Waals surface area contributed by atoms with Crippen LogP contribution in [0.2, 0.25) is 5.02 Å². The third-order valence-electron chi connectivity index (χ3n) is 3.75. The van der Waals surface area contributed by atoms with Gasteiger partial charge in [0.15, 0.2) is 5.96 Å². The van der Waals surface area contributed by atoms with Gasteiger partial charge in [0, 0.05) is 43.9 Å². The average Bonchev–Trinajstić information content (AvgIpc) is 3.10. The molecule has 3 N–H and O–H groups in total. The van der Waals surface area contributed by atoms with Gasteiger partial charge < -0.3 is 20.7 Å². The lowest BCUT2D eigenvalue weighted by Crippen LogP contribution is -2.41. The van der Waals surface area contributed by atoms with Gasteiger partial charge in [0.25, 0.3) is 0 Å². The van der Waals surface area contributed by atoms with Crippen LogP contribution >= 0.6 is 11.6 Å². The van der Waals surface area contributed by atoms with Crippen LogP contribution in [0.4, 0.5) is 5.69 Å². The molecule has 2 rings (SSSR count). The first kappa shape index (κ1) is 18.5. The number of hydrogen-bond acceptors (Lipinski definition) is 3. The lowest BCUT2D eigenvalue weighted by atomic mass is 10.2. The van der Waals surface area contributed by atoms with Crippen molar-refractivity contribution in [2.75, 3.05) is 32.1 Å². The Kier molecular flexibility index (Phi) is 7.85. The molecule has 1 aliphatic rings. The molecule has 1 fully saturated rings. The average molecular weight is 353 g/mol. The minimum atomic E-state index is -0.0126. The first-order chi connectivity index (χ1) is 11.7. The molecule has 0 radical (unpaired) electrons. The van der Waals surface area contributed by atoms with Crippen LogP contribution in [-0.4, -0.2) is 44.7 Å². The van der Waals surface area contributed by atoms with E-state index in [9.17, 15) is 4.79 Å². The van der Waals surface area contributed by atoms with Crippen molar-refractivity contribution in [3.8, 4) is 0 Å². The first-order valence-electron chi connectivity index (χ1n) is 8.29. The minimum absolute atomic E-state index is 0.0126. The van der Waals surface area contributed by atoms with E-state index in [4.69, 9.17) is 16.3 Å². The third kappa shape index (κ3) is 6.76. The summed E-state index contributed by atoms with van der Waals surface area (Å²) in [6.45, 7) is 2.29. The number of guanidine groups is 1. The van der Waals surface area contributed by atoms with Gasteiger partial charge in [0.2, 0.25) is 5.91 Å². The SMILES string of the molecule is CN=C(NCCCC(=O)Nc1ccc(Cl)cc1)NCC1CCCO1. The number of anilines is 1. The van der Waals surface area contributed by atoms with Crippen LogP contribution in [-0.2, 0) is 9.53 Å². The molecule has 1 aromatic rings. The molecule has 0 bridgehead atoms. The summed E-state index contributed by atoms with van der Waals surface area (Å²) in [4.78, 5) is 16.0. The number of benzene rings is 1. The number of halogens is 1. The molecule has 1 heterocycles. The number of nitrogens with one attached hydrogen (secondary N) is 3. The lowest BCUT2D eigenvalue weighted by Gasteiger charge is -2.15. The number of rotatable bonds is 7. The lowest BCUT2D eigenvalue weighted by molar-refractivity contribution is -0.116. The molecular formula is C17H25ClN4O2. The zero-order valence-corrected chi connectivity index (χ0v) is 14.7. The second-order valence-corrected chi connectivity index (χ2v) is 6.11. The Morgan fingerprint density at radius 2 is 2.12 bits per heavy atom. The summed E-state index contributed by atoms with van der Waals surface area (Å²) in [6, 6.07) is 7.08. The highest BCUT2D eigenvalue weighted by Gasteiger charge is 2.15. The molecule has 0 aromatic heterocycles. The van der Waals surface area contributed by atoms with Crippen LogP contribution in [0.1, 0.15) is 25.7 Å². The van der Waals surface area contributed by atoms with Crippen molar-refractivity contribution in [3.05, 3.63) is 29.3 Å². The standard InChI is InChI=1S/C17H25ClN4O2/c1-19-17(21-12-15-4-3-11-24-15)20-10-2-5-16(23)22-14-8-6-13(18)7-9-14/h6-9,15H,2-5,10-12H2,1H3,(H,22,23)(H2,19,20,21). The van der Waals surface area contributed by atoms with Gasteiger partial charge in [-0.3, -0.25) is 9.79 Å². The second-order valence-electron chi connectivity index (χ2n) is 5.67. The molecular weight excluding hydrogens is 328 g/mol. The summed E-state index contributed by atoms with van der Waals surface area (Å²) in [6.07, 6.45) is 3.66. The number of aliphatic imine (C=N–C) groups is 1. The number of ether oxygens (including phenoxy) is 1. The number of hydrogen-bond donors (Lipinski definition) is 3. The summed E-state index contributed by atoms with van der Waals surface area (Å²) < 4.78 is 5.56. The summed E-state index contributed by atoms with van der Waals surface area (Å²) in [5.74, 6) is 0.727. The Bertz CT molecular complexity index is 542. The van der Waals surface area contributed by atoms with Crippen molar-refractivity contribution in [1.29, 1.82) is 0 Å². The van der Waals surface area contributed by atoms with E-state index < -0.39 is 0 Å². The molecule has 0 saturated carbocycles. The van der Waals surface area contributed by atoms with Gasteiger partial charge in [-0.15, -0.1) is 0 Å². The van der Waals surface area contributed by atoms with E-state index in [1.54, 1.807) is 31.3 Å². The summed E-state index contributed by atoms with van der Waals surface area (Å²) in [7, 11) is 1.73. The molecule has 1 amide bonds. The van der Waals surface area contributed by atoms with Gasteiger partial charge in [-0.2, -0.15) is 0 Å². The first-order valence-corrected chi connectivity index (χ1v) is 8.66. The van der Waals surface area contributed by atoms with E-state index in [1.807, 2.05) is 0 Å². The van der Waals surface area contributed by atoms with Gasteiger partial charge in [-0.25, -0.2) is 0 Å². The van der Waals surface area contributed by atoms with Crippen LogP contribution in [0, 0.1) is 0 Å². The van der Waals surface area contributed by atoms with Crippen molar-refractivity contribution in [1.82, 2.24) is 10.6 Å². The molecule has 24 heavy (non-hydrogen) atoms. The number of amides is 1. The number of carbonyl (C=O) groups excluding carboxylic acids is 1. The van der Waals surface area contributed by atoms with E-state index in [-0.39, 0.29) is 12.0 Å². The molecule has 1 aromatic carbocycles. The Labute approximate surface area is 148 Å². The topological polar surface area (TPSA) is 74.8 Å². The maximum atomic E-state index is 11.9. The molecule has 1 atom stereocenters. The van der Waals surface area contributed by atoms with E-state index in [0.29, 0.717) is 18.0 Å². The van der Waals surface area contributed by atoms with E-state index in [0.717, 1.165) is 44.1 Å². The van der Waals surface area contributed by atoms with Crippen molar-refractivity contribution >= 4 is 29.2 Å². The van der Waals surface area contributed by atoms with Gasteiger partial charge in [-0.1, -0.05) is 11.6 Å². The maximum Gasteiger partial charge on any atom is 0.224 e. The van der Waals surface area contributed by atoms with E-state index >= 15 is 0 Å². The van der Waals surface area contributed by atoms with Gasteiger partial charge >= 0.3 is 0 Å². The monoisotopic (exact) mass is 352 g/mol. The number of carbonyl (C=O) groups is 1. The fourth-order valence-electron chi connectivity index (χ4n) is 2.45. The number of nitrogens with zero attached hydrogens (tertiary/aromatic N) is 1. The van der Waals surface area contributed by atoms with Crippen molar-refractivity contribution < 1.29 is 9.53 Å². The van der Waals surface area contributed by atoms with Gasteiger partial charge in [0.05, 0.1) is 6.10 Å². The van der Waals surface area contributed by atoms with Gasteiger partial charge in [0.1, 0.15) is 0 Å². The Hall–Kier alpha value is -1.79. The molecule has 6 nitrogen and oxygen atoms in total. The highest BCUT2D eigenvalue weighted by molar-refractivity contribution is 6.30. The quantitative estimate of drug-likeness (QED) is 0.400. The molecule has 0 aliphatic carbocycles. The molecule has 7 heteroatoms. The normalized spacial score (nSPS) is 17.6. The van der Waals surface area contributed by atoms with Crippen LogP contribution in [0.3, 0.4) is 0 Å². The molecule has 1 aliphatic heterocycles. The molecule has 0 spiro atoms. The Morgan fingerprint density at radius 3 is 2.79 bits per heavy atom. The highest BCUT2D eigenvalue weighted by Crippen LogP contribution is 2.13. The zero-order valence-electron chi connectivity index (χ0n) is 14.0. The van der Waals surface area contributed by atoms with Crippen molar-refractivity contribution in [2.24, 2.45) is 4.99 Å². The third-order valence-corrected chi connectivity index (χ3v) is 4.00. The van der Waals surface area contributed by atoms with Crippen LogP contribution in [0.25, 0.3) is 0 Å². The van der Waals surface area contributed by atoms with E-state index in [2.05, 4.69) is 20.9 Å². The van der Waals surface area contributed by atoms with Crippen LogP contribution in [0.15, 0.2) is 29.3 Å². The Balaban J connectivity index is 1.58. The fraction of sp³-hybridized carbons (Fsp3) is 0.529. The summed E-state index contributed by atoms with van der Waals surface area (Å²) in [5, 5.41) is 9.95.